The summed E-state index contributed by atoms with van der Waals surface area (Å²) >= 11 is 0. The van der Waals surface area contributed by atoms with Crippen molar-refractivity contribution in [1.82, 2.24) is 10.2 Å². The third-order valence-electron chi connectivity index (χ3n) is 3.71. The van der Waals surface area contributed by atoms with Crippen LogP contribution in [0.1, 0.15) is 32.6 Å². The van der Waals surface area contributed by atoms with Gasteiger partial charge in [-0.15, -0.1) is 0 Å². The standard InChI is InChI=1S/C11H22N2O/c1-9-6-12-10(8-14)7-13(9)11-4-2-3-5-11/h9-12,14H,2-8H2,1H3. The van der Waals surface area contributed by atoms with E-state index in [1.54, 1.807) is 0 Å². The number of piperazine rings is 1. The van der Waals surface area contributed by atoms with E-state index in [0.717, 1.165) is 19.1 Å². The van der Waals surface area contributed by atoms with Crippen molar-refractivity contribution >= 4 is 0 Å². The summed E-state index contributed by atoms with van der Waals surface area (Å²) in [7, 11) is 0. The van der Waals surface area contributed by atoms with Crippen LogP contribution in [0, 0.1) is 0 Å². The Morgan fingerprint density at radius 2 is 2.07 bits per heavy atom. The van der Waals surface area contributed by atoms with Gasteiger partial charge >= 0.3 is 0 Å². The maximum absolute atomic E-state index is 9.15. The minimum absolute atomic E-state index is 0.274. The van der Waals surface area contributed by atoms with Gasteiger partial charge in [-0.1, -0.05) is 12.8 Å². The first-order valence-electron chi connectivity index (χ1n) is 5.91. The van der Waals surface area contributed by atoms with Crippen LogP contribution >= 0.6 is 0 Å². The minimum Gasteiger partial charge on any atom is -0.395 e. The van der Waals surface area contributed by atoms with Crippen molar-refractivity contribution in [2.75, 3.05) is 19.7 Å². The molecule has 2 N–H and O–H groups in total. The molecule has 1 saturated carbocycles. The molecule has 0 spiro atoms. The molecule has 2 rings (SSSR count). The molecule has 0 amide bonds. The van der Waals surface area contributed by atoms with Gasteiger partial charge in [0.2, 0.25) is 0 Å². The molecule has 0 aromatic carbocycles. The summed E-state index contributed by atoms with van der Waals surface area (Å²) < 4.78 is 0. The highest BCUT2D eigenvalue weighted by Gasteiger charge is 2.31. The lowest BCUT2D eigenvalue weighted by atomic mass is 10.1. The van der Waals surface area contributed by atoms with Gasteiger partial charge in [0.15, 0.2) is 0 Å². The lowest BCUT2D eigenvalue weighted by molar-refractivity contribution is 0.0727. The van der Waals surface area contributed by atoms with Gasteiger partial charge in [0.1, 0.15) is 0 Å². The van der Waals surface area contributed by atoms with Crippen molar-refractivity contribution < 1.29 is 5.11 Å². The molecule has 0 aromatic heterocycles. The molecule has 1 aliphatic heterocycles. The molecule has 0 bridgehead atoms. The van der Waals surface area contributed by atoms with Gasteiger partial charge in [-0.3, -0.25) is 4.90 Å². The van der Waals surface area contributed by atoms with Crippen LogP contribution in [0.5, 0.6) is 0 Å². The Morgan fingerprint density at radius 3 is 2.71 bits per heavy atom. The summed E-state index contributed by atoms with van der Waals surface area (Å²) in [4.78, 5) is 2.60. The van der Waals surface area contributed by atoms with Crippen LogP contribution < -0.4 is 5.32 Å². The Balaban J connectivity index is 1.93. The largest absolute Gasteiger partial charge is 0.395 e. The average molecular weight is 198 g/mol. The first-order chi connectivity index (χ1) is 6.81. The fourth-order valence-electron chi connectivity index (χ4n) is 2.82. The van der Waals surface area contributed by atoms with Crippen LogP contribution in [0.3, 0.4) is 0 Å². The molecular formula is C11H22N2O. The van der Waals surface area contributed by atoms with Crippen molar-refractivity contribution in [2.45, 2.75) is 50.7 Å². The van der Waals surface area contributed by atoms with Gasteiger partial charge in [-0.2, -0.15) is 0 Å². The lowest BCUT2D eigenvalue weighted by Gasteiger charge is -2.41. The van der Waals surface area contributed by atoms with E-state index >= 15 is 0 Å². The first-order valence-corrected chi connectivity index (χ1v) is 5.91. The predicted molar refractivity (Wildman–Crippen MR) is 57.3 cm³/mol. The molecule has 0 aromatic rings. The lowest BCUT2D eigenvalue weighted by Crippen LogP contribution is -2.59. The van der Waals surface area contributed by atoms with Crippen molar-refractivity contribution in [1.29, 1.82) is 0 Å². The third-order valence-corrected chi connectivity index (χ3v) is 3.71. The fourth-order valence-corrected chi connectivity index (χ4v) is 2.82. The van der Waals surface area contributed by atoms with Crippen molar-refractivity contribution in [3.8, 4) is 0 Å². The molecule has 82 valence electrons. The van der Waals surface area contributed by atoms with E-state index in [1.165, 1.54) is 25.7 Å². The maximum atomic E-state index is 9.15. The van der Waals surface area contributed by atoms with E-state index in [1.807, 2.05) is 0 Å². The average Bonchev–Trinajstić information content (AvgIpc) is 2.71. The van der Waals surface area contributed by atoms with Crippen LogP contribution in [0.2, 0.25) is 0 Å². The Hall–Kier alpha value is -0.120. The molecular weight excluding hydrogens is 176 g/mol. The second-order valence-electron chi connectivity index (χ2n) is 4.77. The molecule has 2 fully saturated rings. The van der Waals surface area contributed by atoms with E-state index in [2.05, 4.69) is 17.1 Å². The zero-order valence-electron chi connectivity index (χ0n) is 9.08. The van der Waals surface area contributed by atoms with Gasteiger partial charge in [0, 0.05) is 31.2 Å². The van der Waals surface area contributed by atoms with E-state index < -0.39 is 0 Å². The molecule has 3 nitrogen and oxygen atoms in total. The van der Waals surface area contributed by atoms with Gasteiger partial charge in [-0.05, 0) is 19.8 Å². The van der Waals surface area contributed by atoms with Crippen molar-refractivity contribution in [3.63, 3.8) is 0 Å². The second kappa shape index (κ2) is 4.60. The third kappa shape index (κ3) is 2.10. The number of aliphatic hydroxyl groups excluding tert-OH is 1. The van der Waals surface area contributed by atoms with Crippen molar-refractivity contribution in [3.05, 3.63) is 0 Å². The minimum atomic E-state index is 0.274. The summed E-state index contributed by atoms with van der Waals surface area (Å²) in [6.45, 7) is 4.62. The van der Waals surface area contributed by atoms with Crippen molar-refractivity contribution in [2.24, 2.45) is 0 Å². The first kappa shape index (κ1) is 10.4. The van der Waals surface area contributed by atoms with Crippen LogP contribution in [0.15, 0.2) is 0 Å². The number of hydrogen-bond acceptors (Lipinski definition) is 3. The summed E-state index contributed by atoms with van der Waals surface area (Å²) in [5.41, 5.74) is 0. The van der Waals surface area contributed by atoms with E-state index in [0.29, 0.717) is 12.1 Å². The zero-order chi connectivity index (χ0) is 9.97. The Morgan fingerprint density at radius 1 is 1.36 bits per heavy atom. The predicted octanol–water partition coefficient (Wildman–Crippen LogP) is 0.584. The van der Waals surface area contributed by atoms with Gasteiger partial charge < -0.3 is 10.4 Å². The molecule has 2 aliphatic rings. The highest BCUT2D eigenvalue weighted by molar-refractivity contribution is 4.89. The number of nitrogens with zero attached hydrogens (tertiary/aromatic N) is 1. The Bertz CT molecular complexity index is 180. The van der Waals surface area contributed by atoms with E-state index in [9.17, 15) is 0 Å². The summed E-state index contributed by atoms with van der Waals surface area (Å²) in [5, 5.41) is 12.5. The molecule has 3 heteroatoms. The Kier molecular flexibility index (Phi) is 3.42. The highest BCUT2D eigenvalue weighted by Crippen LogP contribution is 2.26. The maximum Gasteiger partial charge on any atom is 0.0597 e. The van der Waals surface area contributed by atoms with E-state index in [-0.39, 0.29) is 6.61 Å². The molecule has 1 aliphatic carbocycles. The van der Waals surface area contributed by atoms with Gasteiger partial charge in [-0.25, -0.2) is 0 Å². The number of nitrogens with one attached hydrogen (secondary N) is 1. The summed E-state index contributed by atoms with van der Waals surface area (Å²) in [6.07, 6.45) is 5.52. The smallest absolute Gasteiger partial charge is 0.0597 e. The van der Waals surface area contributed by atoms with Crippen LogP contribution in [-0.2, 0) is 0 Å². The van der Waals surface area contributed by atoms with Gasteiger partial charge in [0.05, 0.1) is 6.61 Å². The molecule has 2 unspecified atom stereocenters. The van der Waals surface area contributed by atoms with Gasteiger partial charge in [0.25, 0.3) is 0 Å². The number of aliphatic hydroxyl groups is 1. The zero-order valence-corrected chi connectivity index (χ0v) is 9.08. The van der Waals surface area contributed by atoms with Crippen LogP contribution in [-0.4, -0.2) is 47.8 Å². The molecule has 1 heterocycles. The SMILES string of the molecule is CC1CNC(CO)CN1C1CCCC1. The normalized spacial score (nSPS) is 36.4. The topological polar surface area (TPSA) is 35.5 Å². The monoisotopic (exact) mass is 198 g/mol. The fraction of sp³-hybridized carbons (Fsp3) is 1.00. The molecule has 1 saturated heterocycles. The van der Waals surface area contributed by atoms with Crippen LogP contribution in [0.4, 0.5) is 0 Å². The summed E-state index contributed by atoms with van der Waals surface area (Å²) in [6, 6.07) is 1.73. The summed E-state index contributed by atoms with van der Waals surface area (Å²) in [5.74, 6) is 0. The highest BCUT2D eigenvalue weighted by atomic mass is 16.3. The molecule has 0 radical (unpaired) electrons. The number of hydrogen-bond donors (Lipinski definition) is 2. The molecule has 14 heavy (non-hydrogen) atoms. The second-order valence-corrected chi connectivity index (χ2v) is 4.77. The molecule has 2 atom stereocenters. The number of rotatable bonds is 2. The van der Waals surface area contributed by atoms with Crippen LogP contribution in [0.25, 0.3) is 0 Å². The Labute approximate surface area is 86.5 Å². The van der Waals surface area contributed by atoms with E-state index in [4.69, 9.17) is 5.11 Å². The quantitative estimate of drug-likeness (QED) is 0.681.